The van der Waals surface area contributed by atoms with Crippen molar-refractivity contribution in [3.8, 4) is 0 Å². The topological polar surface area (TPSA) is 49.4 Å². The molecule has 7 heteroatoms. The molecule has 0 aliphatic rings. The standard InChI is InChI=1S/C25H32Cl2N2O2S/c1-5-18(4)28-25(31)23(6-2)29(14-19-10-8-7-9-17(19)3)24(30)16-32-15-20-11-12-21(26)13-22(20)27/h7-13,18,23H,5-6,14-16H2,1-4H3,(H,28,31)/t18-,23+/m0/s1. The van der Waals surface area contributed by atoms with Crippen LogP contribution in [0, 0.1) is 6.92 Å². The van der Waals surface area contributed by atoms with Crippen molar-refractivity contribution >= 4 is 46.8 Å². The quantitative estimate of drug-likeness (QED) is 0.401. The Morgan fingerprint density at radius 2 is 1.78 bits per heavy atom. The van der Waals surface area contributed by atoms with Gasteiger partial charge in [0, 0.05) is 28.4 Å². The molecule has 1 N–H and O–H groups in total. The van der Waals surface area contributed by atoms with Crippen LogP contribution in [0.3, 0.4) is 0 Å². The lowest BCUT2D eigenvalue weighted by Crippen LogP contribution is -2.51. The first kappa shape index (κ1) is 26.6. The molecule has 2 atom stereocenters. The predicted molar refractivity (Wildman–Crippen MR) is 136 cm³/mol. The number of amides is 2. The van der Waals surface area contributed by atoms with E-state index in [2.05, 4.69) is 5.32 Å². The molecule has 32 heavy (non-hydrogen) atoms. The number of carbonyl (C=O) groups excluding carboxylic acids is 2. The number of hydrogen-bond donors (Lipinski definition) is 1. The monoisotopic (exact) mass is 494 g/mol. The number of benzene rings is 2. The summed E-state index contributed by atoms with van der Waals surface area (Å²) >= 11 is 13.7. The Hall–Kier alpha value is -1.69. The van der Waals surface area contributed by atoms with Crippen molar-refractivity contribution in [1.82, 2.24) is 10.2 Å². The molecule has 2 rings (SSSR count). The molecule has 0 aromatic heterocycles. The Morgan fingerprint density at radius 1 is 1.06 bits per heavy atom. The Kier molecular flexibility index (Phi) is 10.9. The smallest absolute Gasteiger partial charge is 0.243 e. The fraction of sp³-hybridized carbons (Fsp3) is 0.440. The molecular weight excluding hydrogens is 463 g/mol. The number of carbonyl (C=O) groups is 2. The van der Waals surface area contributed by atoms with Gasteiger partial charge >= 0.3 is 0 Å². The minimum absolute atomic E-state index is 0.0607. The molecule has 0 unspecified atom stereocenters. The van der Waals surface area contributed by atoms with E-state index in [1.807, 2.05) is 58.0 Å². The maximum Gasteiger partial charge on any atom is 0.243 e. The summed E-state index contributed by atoms with van der Waals surface area (Å²) in [6.45, 7) is 8.37. The summed E-state index contributed by atoms with van der Waals surface area (Å²) in [5, 5.41) is 4.22. The highest BCUT2D eigenvalue weighted by molar-refractivity contribution is 7.99. The van der Waals surface area contributed by atoms with E-state index in [1.165, 1.54) is 11.8 Å². The van der Waals surface area contributed by atoms with E-state index < -0.39 is 6.04 Å². The van der Waals surface area contributed by atoms with Crippen LogP contribution in [-0.2, 0) is 21.9 Å². The normalized spacial score (nSPS) is 12.8. The van der Waals surface area contributed by atoms with E-state index in [0.717, 1.165) is 23.1 Å². The van der Waals surface area contributed by atoms with E-state index in [1.54, 1.807) is 17.0 Å². The summed E-state index contributed by atoms with van der Waals surface area (Å²) in [5.74, 6) is 0.692. The number of nitrogens with zero attached hydrogens (tertiary/aromatic N) is 1. The van der Waals surface area contributed by atoms with Crippen molar-refractivity contribution in [1.29, 1.82) is 0 Å². The third-order valence-corrected chi connectivity index (χ3v) is 7.04. The number of aryl methyl sites for hydroxylation is 1. The van der Waals surface area contributed by atoms with Gasteiger partial charge in [-0.25, -0.2) is 0 Å². The van der Waals surface area contributed by atoms with Gasteiger partial charge in [-0.1, -0.05) is 67.4 Å². The lowest BCUT2D eigenvalue weighted by Gasteiger charge is -2.32. The van der Waals surface area contributed by atoms with E-state index >= 15 is 0 Å². The molecule has 0 bridgehead atoms. The minimum atomic E-state index is -0.518. The summed E-state index contributed by atoms with van der Waals surface area (Å²) < 4.78 is 0. The van der Waals surface area contributed by atoms with Crippen LogP contribution in [0.15, 0.2) is 42.5 Å². The fourth-order valence-corrected chi connectivity index (χ4v) is 4.77. The average molecular weight is 496 g/mol. The van der Waals surface area contributed by atoms with E-state index in [4.69, 9.17) is 23.2 Å². The van der Waals surface area contributed by atoms with Crippen LogP contribution in [0.5, 0.6) is 0 Å². The van der Waals surface area contributed by atoms with Crippen molar-refractivity contribution in [2.45, 2.75) is 64.9 Å². The van der Waals surface area contributed by atoms with Crippen molar-refractivity contribution < 1.29 is 9.59 Å². The molecule has 2 amide bonds. The van der Waals surface area contributed by atoms with E-state index in [-0.39, 0.29) is 23.6 Å². The van der Waals surface area contributed by atoms with Crippen molar-refractivity contribution in [3.63, 3.8) is 0 Å². The second kappa shape index (κ2) is 13.1. The lowest BCUT2D eigenvalue weighted by molar-refractivity contribution is -0.139. The average Bonchev–Trinajstić information content (AvgIpc) is 2.76. The third-order valence-electron chi connectivity index (χ3n) is 5.49. The fourth-order valence-electron chi connectivity index (χ4n) is 3.30. The molecule has 174 valence electrons. The molecule has 0 heterocycles. The van der Waals surface area contributed by atoms with Gasteiger partial charge < -0.3 is 10.2 Å². The van der Waals surface area contributed by atoms with Gasteiger partial charge in [0.15, 0.2) is 0 Å². The lowest BCUT2D eigenvalue weighted by atomic mass is 10.1. The van der Waals surface area contributed by atoms with Crippen LogP contribution in [0.4, 0.5) is 0 Å². The number of rotatable bonds is 11. The molecule has 0 saturated carbocycles. The minimum Gasteiger partial charge on any atom is -0.352 e. The Bertz CT molecular complexity index is 923. The number of hydrogen-bond acceptors (Lipinski definition) is 3. The Labute approximate surface area is 206 Å². The van der Waals surface area contributed by atoms with Crippen LogP contribution < -0.4 is 5.32 Å². The van der Waals surface area contributed by atoms with Crippen molar-refractivity contribution in [2.24, 2.45) is 0 Å². The largest absolute Gasteiger partial charge is 0.352 e. The van der Waals surface area contributed by atoms with Gasteiger partial charge in [0.2, 0.25) is 11.8 Å². The highest BCUT2D eigenvalue weighted by Gasteiger charge is 2.29. The summed E-state index contributed by atoms with van der Waals surface area (Å²) in [4.78, 5) is 28.0. The summed E-state index contributed by atoms with van der Waals surface area (Å²) in [6, 6.07) is 12.9. The number of halogens is 2. The van der Waals surface area contributed by atoms with Gasteiger partial charge in [-0.15, -0.1) is 11.8 Å². The Morgan fingerprint density at radius 3 is 2.41 bits per heavy atom. The second-order valence-electron chi connectivity index (χ2n) is 7.92. The molecule has 0 aliphatic carbocycles. The molecule has 0 fully saturated rings. The van der Waals surface area contributed by atoms with E-state index in [0.29, 0.717) is 28.8 Å². The van der Waals surface area contributed by atoms with Gasteiger partial charge in [0.1, 0.15) is 6.04 Å². The molecule has 2 aromatic rings. The van der Waals surface area contributed by atoms with Gasteiger partial charge in [-0.05, 0) is 55.5 Å². The van der Waals surface area contributed by atoms with Gasteiger partial charge in [-0.2, -0.15) is 0 Å². The summed E-state index contributed by atoms with van der Waals surface area (Å²) in [5.41, 5.74) is 3.07. The first-order valence-corrected chi connectivity index (χ1v) is 12.8. The van der Waals surface area contributed by atoms with Gasteiger partial charge in [0.05, 0.1) is 5.75 Å². The van der Waals surface area contributed by atoms with Gasteiger partial charge in [0.25, 0.3) is 0 Å². The molecular formula is C25H32Cl2N2O2S. The third kappa shape index (κ3) is 7.72. The molecule has 0 aliphatic heterocycles. The van der Waals surface area contributed by atoms with Crippen LogP contribution in [0.1, 0.15) is 50.3 Å². The van der Waals surface area contributed by atoms with Crippen LogP contribution in [0.2, 0.25) is 10.0 Å². The number of thioether (sulfide) groups is 1. The highest BCUT2D eigenvalue weighted by atomic mass is 35.5. The molecule has 0 saturated heterocycles. The maximum atomic E-state index is 13.3. The van der Waals surface area contributed by atoms with Crippen LogP contribution >= 0.6 is 35.0 Å². The molecule has 2 aromatic carbocycles. The van der Waals surface area contributed by atoms with Crippen LogP contribution in [-0.4, -0.2) is 34.6 Å². The Balaban J connectivity index is 2.17. The zero-order valence-corrected chi connectivity index (χ0v) is 21.5. The summed E-state index contributed by atoms with van der Waals surface area (Å²) in [6.07, 6.45) is 1.39. The summed E-state index contributed by atoms with van der Waals surface area (Å²) in [7, 11) is 0. The van der Waals surface area contributed by atoms with Crippen LogP contribution in [0.25, 0.3) is 0 Å². The zero-order chi connectivity index (χ0) is 23.7. The van der Waals surface area contributed by atoms with Crippen molar-refractivity contribution in [3.05, 3.63) is 69.2 Å². The first-order chi connectivity index (χ1) is 15.3. The highest BCUT2D eigenvalue weighted by Crippen LogP contribution is 2.25. The molecule has 4 nitrogen and oxygen atoms in total. The second-order valence-corrected chi connectivity index (χ2v) is 9.75. The number of nitrogens with one attached hydrogen (secondary N) is 1. The predicted octanol–water partition coefficient (Wildman–Crippen LogP) is 6.26. The van der Waals surface area contributed by atoms with Gasteiger partial charge in [-0.3, -0.25) is 9.59 Å². The SMILES string of the molecule is CC[C@H](C(=O)N[C@@H](C)CC)N(Cc1ccccc1C)C(=O)CSCc1ccc(Cl)cc1Cl. The van der Waals surface area contributed by atoms with Crippen molar-refractivity contribution in [2.75, 3.05) is 5.75 Å². The first-order valence-electron chi connectivity index (χ1n) is 10.9. The molecule has 0 radical (unpaired) electrons. The maximum absolute atomic E-state index is 13.3. The molecule has 0 spiro atoms. The van der Waals surface area contributed by atoms with E-state index in [9.17, 15) is 9.59 Å². The zero-order valence-electron chi connectivity index (χ0n) is 19.2.